The van der Waals surface area contributed by atoms with Crippen LogP contribution in [-0.4, -0.2) is 33.9 Å². The molecule has 6 nitrogen and oxygen atoms in total. The Balaban J connectivity index is 1.57. The maximum Gasteiger partial charge on any atom is 0.338 e. The maximum atomic E-state index is 13.8. The SMILES string of the molecule is CCOC(=O)C1=C(C)NC2SC(=Cc3c[nH]c4ccccc34)C(=O)N2C1c1ccc(C(C)C)cc1. The summed E-state index contributed by atoms with van der Waals surface area (Å²) in [6.07, 6.45) is 3.86. The van der Waals surface area contributed by atoms with Crippen molar-refractivity contribution in [3.63, 3.8) is 0 Å². The minimum Gasteiger partial charge on any atom is -0.463 e. The van der Waals surface area contributed by atoms with Gasteiger partial charge in [-0.3, -0.25) is 9.69 Å². The quantitative estimate of drug-likeness (QED) is 0.358. The summed E-state index contributed by atoms with van der Waals surface area (Å²) in [6, 6.07) is 15.7. The predicted molar refractivity (Wildman–Crippen MR) is 140 cm³/mol. The number of aromatic nitrogens is 1. The molecule has 1 fully saturated rings. The van der Waals surface area contributed by atoms with Gasteiger partial charge in [0.05, 0.1) is 23.1 Å². The zero-order valence-corrected chi connectivity index (χ0v) is 21.1. The number of rotatable bonds is 5. The molecule has 3 heterocycles. The summed E-state index contributed by atoms with van der Waals surface area (Å²) in [6.45, 7) is 8.23. The summed E-state index contributed by atoms with van der Waals surface area (Å²) in [5.74, 6) is -0.118. The van der Waals surface area contributed by atoms with Crippen LogP contribution in [0.25, 0.3) is 17.0 Å². The second-order valence-corrected chi connectivity index (χ2v) is 10.2. The van der Waals surface area contributed by atoms with Gasteiger partial charge in [0.25, 0.3) is 5.91 Å². The molecule has 0 saturated carbocycles. The number of esters is 1. The Bertz CT molecular complexity index is 1350. The zero-order valence-electron chi connectivity index (χ0n) is 20.3. The van der Waals surface area contributed by atoms with E-state index in [2.05, 4.69) is 36.3 Å². The molecular weight excluding hydrogens is 458 g/mol. The summed E-state index contributed by atoms with van der Waals surface area (Å²) >= 11 is 1.47. The number of carbonyl (C=O) groups excluding carboxylic acids is 2. The Labute approximate surface area is 209 Å². The largest absolute Gasteiger partial charge is 0.463 e. The molecule has 2 aliphatic rings. The number of allylic oxidation sites excluding steroid dienone is 1. The average molecular weight is 488 g/mol. The molecule has 2 aliphatic heterocycles. The zero-order chi connectivity index (χ0) is 24.7. The number of ether oxygens (including phenoxy) is 1. The van der Waals surface area contributed by atoms with Gasteiger partial charge >= 0.3 is 5.97 Å². The molecule has 7 heteroatoms. The summed E-state index contributed by atoms with van der Waals surface area (Å²) in [5.41, 5.74) is 4.98. The van der Waals surface area contributed by atoms with Crippen LogP contribution in [0.4, 0.5) is 0 Å². The van der Waals surface area contributed by atoms with Gasteiger partial charge in [-0.15, -0.1) is 0 Å². The van der Waals surface area contributed by atoms with Crippen molar-refractivity contribution in [1.82, 2.24) is 15.2 Å². The van der Waals surface area contributed by atoms with E-state index in [4.69, 9.17) is 4.74 Å². The number of H-pyrrole nitrogens is 1. The first-order chi connectivity index (χ1) is 16.9. The van der Waals surface area contributed by atoms with Gasteiger partial charge in [-0.2, -0.15) is 0 Å². The van der Waals surface area contributed by atoms with Crippen molar-refractivity contribution >= 4 is 40.6 Å². The molecule has 0 radical (unpaired) electrons. The number of hydrogen-bond acceptors (Lipinski definition) is 5. The Hall–Kier alpha value is -3.45. The lowest BCUT2D eigenvalue weighted by Crippen LogP contribution is -2.49. The number of amides is 1. The average Bonchev–Trinajstić information content (AvgIpc) is 3.39. The third kappa shape index (κ3) is 4.14. The number of nitrogens with one attached hydrogen (secondary N) is 2. The van der Waals surface area contributed by atoms with Crippen LogP contribution in [0, 0.1) is 0 Å². The first kappa shape index (κ1) is 23.3. The molecule has 5 rings (SSSR count). The predicted octanol–water partition coefficient (Wildman–Crippen LogP) is 5.67. The Kier molecular flexibility index (Phi) is 6.19. The lowest BCUT2D eigenvalue weighted by atomic mass is 9.91. The normalized spacial score (nSPS) is 21.1. The summed E-state index contributed by atoms with van der Waals surface area (Å²) in [5, 5.41) is 4.44. The summed E-state index contributed by atoms with van der Waals surface area (Å²) < 4.78 is 5.41. The van der Waals surface area contributed by atoms with Crippen LogP contribution >= 0.6 is 11.8 Å². The van der Waals surface area contributed by atoms with Gasteiger partial charge in [-0.1, -0.05) is 68.1 Å². The molecule has 0 aliphatic carbocycles. The highest BCUT2D eigenvalue weighted by molar-refractivity contribution is 8.05. The molecule has 1 saturated heterocycles. The summed E-state index contributed by atoms with van der Waals surface area (Å²) in [4.78, 5) is 32.5. The Morgan fingerprint density at radius 1 is 1.17 bits per heavy atom. The van der Waals surface area contributed by atoms with Crippen LogP contribution in [-0.2, 0) is 14.3 Å². The fourth-order valence-electron chi connectivity index (χ4n) is 4.73. The molecule has 2 N–H and O–H groups in total. The number of fused-ring (bicyclic) bond motifs is 2. The van der Waals surface area contributed by atoms with Crippen molar-refractivity contribution in [3.8, 4) is 0 Å². The van der Waals surface area contributed by atoms with E-state index in [0.717, 1.165) is 27.7 Å². The van der Waals surface area contributed by atoms with Crippen molar-refractivity contribution in [2.24, 2.45) is 0 Å². The van der Waals surface area contributed by atoms with Crippen molar-refractivity contribution in [2.75, 3.05) is 6.61 Å². The number of benzene rings is 2. The Morgan fingerprint density at radius 2 is 1.91 bits per heavy atom. The molecule has 35 heavy (non-hydrogen) atoms. The number of hydrogen-bond donors (Lipinski definition) is 2. The minimum atomic E-state index is -0.532. The van der Waals surface area contributed by atoms with E-state index in [1.807, 2.05) is 55.6 Å². The van der Waals surface area contributed by atoms with Crippen LogP contribution in [0.5, 0.6) is 0 Å². The van der Waals surface area contributed by atoms with Crippen LogP contribution < -0.4 is 5.32 Å². The van der Waals surface area contributed by atoms with E-state index in [9.17, 15) is 9.59 Å². The van der Waals surface area contributed by atoms with Gasteiger partial charge in [0.15, 0.2) is 5.50 Å². The first-order valence-electron chi connectivity index (χ1n) is 11.9. The van der Waals surface area contributed by atoms with E-state index in [1.165, 1.54) is 17.3 Å². The van der Waals surface area contributed by atoms with Gasteiger partial charge in [-0.25, -0.2) is 4.79 Å². The molecule has 1 amide bonds. The fraction of sp³-hybridized carbons (Fsp3) is 0.286. The smallest absolute Gasteiger partial charge is 0.338 e. The number of nitrogens with zero attached hydrogens (tertiary/aromatic N) is 1. The topological polar surface area (TPSA) is 74.4 Å². The van der Waals surface area contributed by atoms with Crippen LogP contribution in [0.15, 0.2) is 70.9 Å². The summed E-state index contributed by atoms with van der Waals surface area (Å²) in [7, 11) is 0. The molecule has 1 aromatic heterocycles. The molecule has 180 valence electrons. The van der Waals surface area contributed by atoms with E-state index < -0.39 is 12.0 Å². The highest BCUT2D eigenvalue weighted by Gasteiger charge is 2.47. The van der Waals surface area contributed by atoms with Crippen molar-refractivity contribution < 1.29 is 14.3 Å². The second kappa shape index (κ2) is 9.30. The number of thioether (sulfide) groups is 1. The van der Waals surface area contributed by atoms with Crippen molar-refractivity contribution in [3.05, 3.63) is 87.6 Å². The van der Waals surface area contributed by atoms with Crippen LogP contribution in [0.2, 0.25) is 0 Å². The highest BCUT2D eigenvalue weighted by Crippen LogP contribution is 2.46. The first-order valence-corrected chi connectivity index (χ1v) is 12.8. The second-order valence-electron chi connectivity index (χ2n) is 9.11. The lowest BCUT2D eigenvalue weighted by Gasteiger charge is -2.39. The van der Waals surface area contributed by atoms with Gasteiger partial charge in [0.1, 0.15) is 0 Å². The third-order valence-corrected chi connectivity index (χ3v) is 7.67. The van der Waals surface area contributed by atoms with Crippen molar-refractivity contribution in [2.45, 2.75) is 45.2 Å². The van der Waals surface area contributed by atoms with Gasteiger partial charge in [0.2, 0.25) is 0 Å². The molecule has 3 aromatic rings. The fourth-order valence-corrected chi connectivity index (χ4v) is 5.94. The van der Waals surface area contributed by atoms with Gasteiger partial charge in [0, 0.05) is 28.4 Å². The van der Waals surface area contributed by atoms with Gasteiger partial charge in [-0.05, 0) is 43.0 Å². The van der Waals surface area contributed by atoms with Crippen molar-refractivity contribution in [1.29, 1.82) is 0 Å². The molecule has 0 spiro atoms. The number of aromatic amines is 1. The van der Waals surface area contributed by atoms with E-state index >= 15 is 0 Å². The highest BCUT2D eigenvalue weighted by atomic mass is 32.2. The molecule has 2 atom stereocenters. The molecule has 2 unspecified atom stereocenters. The monoisotopic (exact) mass is 487 g/mol. The molecular formula is C28H29N3O3S. The standard InChI is InChI=1S/C28H29N3O3S/c1-5-34-27(33)24-17(4)30-28-31(25(24)19-12-10-18(11-13-19)16(2)3)26(32)23(35-28)14-20-15-29-22-9-7-6-8-21(20)22/h6-16,25,28-30H,5H2,1-4H3. The number of para-hydroxylation sites is 1. The lowest BCUT2D eigenvalue weighted by molar-refractivity contribution is -0.140. The molecule has 2 aromatic carbocycles. The number of carbonyl (C=O) groups is 2. The maximum absolute atomic E-state index is 13.8. The third-order valence-electron chi connectivity index (χ3n) is 6.55. The van der Waals surface area contributed by atoms with Crippen LogP contribution in [0.3, 0.4) is 0 Å². The van der Waals surface area contributed by atoms with Gasteiger partial charge < -0.3 is 15.0 Å². The minimum absolute atomic E-state index is 0.106. The molecule has 0 bridgehead atoms. The van der Waals surface area contributed by atoms with E-state index in [-0.39, 0.29) is 18.0 Å². The Morgan fingerprint density at radius 3 is 2.63 bits per heavy atom. The van der Waals surface area contributed by atoms with E-state index in [1.54, 1.807) is 11.8 Å². The van der Waals surface area contributed by atoms with E-state index in [0.29, 0.717) is 16.4 Å². The van der Waals surface area contributed by atoms with Crippen LogP contribution in [0.1, 0.15) is 56.3 Å².